The minimum Gasteiger partial charge on any atom is -0.477 e. The third kappa shape index (κ3) is 4.48. The fourth-order valence-corrected chi connectivity index (χ4v) is 3.36. The predicted octanol–water partition coefficient (Wildman–Crippen LogP) is 4.02. The molecular weight excluding hydrogens is 434 g/mol. The predicted molar refractivity (Wildman–Crippen MR) is 112 cm³/mol. The van der Waals surface area contributed by atoms with Gasteiger partial charge in [0.05, 0.1) is 18.0 Å². The lowest BCUT2D eigenvalue weighted by molar-refractivity contribution is 0.0944. The largest absolute Gasteiger partial charge is 0.477 e. The number of aromatic nitrogens is 4. The Morgan fingerprint density at radius 3 is 2.79 bits per heavy atom. The van der Waals surface area contributed by atoms with Crippen molar-refractivity contribution in [1.29, 1.82) is 0 Å². The second-order valence-corrected chi connectivity index (χ2v) is 7.90. The molecule has 1 aliphatic rings. The molecule has 3 aromatic rings. The normalized spacial score (nSPS) is 13.3. The summed E-state index contributed by atoms with van der Waals surface area (Å²) in [5.74, 6) is 0.632. The summed E-state index contributed by atoms with van der Waals surface area (Å²) in [6.07, 6.45) is 4.67. The maximum Gasteiger partial charge on any atom is 0.274 e. The molecule has 8 heteroatoms. The van der Waals surface area contributed by atoms with Crippen LogP contribution in [0.5, 0.6) is 5.88 Å². The maximum atomic E-state index is 12.9. The van der Waals surface area contributed by atoms with E-state index in [-0.39, 0.29) is 5.91 Å². The van der Waals surface area contributed by atoms with E-state index in [1.165, 1.54) is 0 Å². The molecule has 1 fully saturated rings. The van der Waals surface area contributed by atoms with Crippen LogP contribution in [0.15, 0.2) is 47.1 Å². The number of rotatable bonds is 8. The first-order valence-corrected chi connectivity index (χ1v) is 10.5. The summed E-state index contributed by atoms with van der Waals surface area (Å²) >= 11 is 3.45. The van der Waals surface area contributed by atoms with Crippen LogP contribution in [0.25, 0.3) is 5.69 Å². The minimum atomic E-state index is -0.236. The number of nitrogens with zero attached hydrogens (tertiary/aromatic N) is 4. The molecule has 1 amide bonds. The summed E-state index contributed by atoms with van der Waals surface area (Å²) in [6, 6.07) is 11.6. The van der Waals surface area contributed by atoms with Crippen molar-refractivity contribution in [2.45, 2.75) is 38.6 Å². The average Bonchev–Trinajstić information content (AvgIpc) is 3.49. The molecule has 0 spiro atoms. The number of amides is 1. The van der Waals surface area contributed by atoms with Gasteiger partial charge in [0.25, 0.3) is 5.91 Å². The Bertz CT molecular complexity index is 999. The van der Waals surface area contributed by atoms with Gasteiger partial charge in [-0.15, -0.1) is 5.10 Å². The number of carbonyl (C=O) groups is 1. The van der Waals surface area contributed by atoms with Gasteiger partial charge in [-0.25, -0.2) is 9.67 Å². The van der Waals surface area contributed by atoms with E-state index >= 15 is 0 Å². The van der Waals surface area contributed by atoms with Crippen LogP contribution in [0, 0.1) is 0 Å². The molecule has 1 saturated carbocycles. The number of halogens is 1. The molecule has 0 saturated heterocycles. The van der Waals surface area contributed by atoms with Gasteiger partial charge >= 0.3 is 0 Å². The molecule has 2 heterocycles. The first-order valence-electron chi connectivity index (χ1n) is 9.73. The number of carbonyl (C=O) groups excluding carboxylic acids is 1. The Balaban J connectivity index is 1.53. The van der Waals surface area contributed by atoms with Crippen molar-refractivity contribution < 1.29 is 9.53 Å². The van der Waals surface area contributed by atoms with Crippen LogP contribution in [0.4, 0.5) is 0 Å². The molecule has 0 bridgehead atoms. The molecule has 1 aromatic carbocycles. The smallest absolute Gasteiger partial charge is 0.274 e. The Hall–Kier alpha value is -2.74. The van der Waals surface area contributed by atoms with Crippen LogP contribution in [0.2, 0.25) is 0 Å². The Labute approximate surface area is 177 Å². The third-order valence-corrected chi connectivity index (χ3v) is 5.22. The zero-order valence-corrected chi connectivity index (χ0v) is 17.7. The number of benzene rings is 1. The molecule has 0 radical (unpaired) electrons. The molecule has 1 N–H and O–H groups in total. The second-order valence-electron chi connectivity index (χ2n) is 6.98. The third-order valence-electron chi connectivity index (χ3n) is 4.69. The monoisotopic (exact) mass is 455 g/mol. The lowest BCUT2D eigenvalue weighted by atomic mass is 10.2. The van der Waals surface area contributed by atoms with Crippen molar-refractivity contribution in [2.75, 3.05) is 6.61 Å². The van der Waals surface area contributed by atoms with Crippen molar-refractivity contribution in [2.24, 2.45) is 0 Å². The zero-order valence-electron chi connectivity index (χ0n) is 16.1. The summed E-state index contributed by atoms with van der Waals surface area (Å²) in [5, 5.41) is 11.4. The summed E-state index contributed by atoms with van der Waals surface area (Å²) < 4.78 is 8.44. The van der Waals surface area contributed by atoms with Gasteiger partial charge in [0.2, 0.25) is 5.88 Å². The van der Waals surface area contributed by atoms with E-state index in [0.29, 0.717) is 30.6 Å². The number of pyridine rings is 1. The number of nitrogens with one attached hydrogen (secondary N) is 1. The molecule has 29 heavy (non-hydrogen) atoms. The Morgan fingerprint density at radius 1 is 1.28 bits per heavy atom. The highest BCUT2D eigenvalue weighted by molar-refractivity contribution is 9.10. The Morgan fingerprint density at radius 2 is 2.07 bits per heavy atom. The lowest BCUT2D eigenvalue weighted by Gasteiger charge is -2.11. The lowest BCUT2D eigenvalue weighted by Crippen LogP contribution is -2.25. The molecule has 0 atom stereocenters. The van der Waals surface area contributed by atoms with Crippen molar-refractivity contribution in [3.8, 4) is 11.6 Å². The topological polar surface area (TPSA) is 81.9 Å². The van der Waals surface area contributed by atoms with Crippen LogP contribution >= 0.6 is 15.9 Å². The number of hydrogen-bond donors (Lipinski definition) is 1. The molecule has 150 valence electrons. The SMILES string of the molecule is CCCOc1ncccc1CNC(=O)c1nnn(-c2ccc(Br)cc2)c1C1CC1. The molecule has 2 aromatic heterocycles. The highest BCUT2D eigenvalue weighted by Crippen LogP contribution is 2.42. The van der Waals surface area contributed by atoms with Gasteiger partial charge in [0.15, 0.2) is 5.69 Å². The quantitative estimate of drug-likeness (QED) is 0.554. The fraction of sp³-hybridized carbons (Fsp3) is 0.333. The number of ether oxygens (including phenoxy) is 1. The van der Waals surface area contributed by atoms with Crippen molar-refractivity contribution in [1.82, 2.24) is 25.3 Å². The molecule has 1 aliphatic carbocycles. The van der Waals surface area contributed by atoms with Gasteiger partial charge in [0.1, 0.15) is 0 Å². The molecule has 7 nitrogen and oxygen atoms in total. The van der Waals surface area contributed by atoms with E-state index in [2.05, 4.69) is 36.5 Å². The van der Waals surface area contributed by atoms with Crippen molar-refractivity contribution >= 4 is 21.8 Å². The highest BCUT2D eigenvalue weighted by Gasteiger charge is 2.34. The summed E-state index contributed by atoms with van der Waals surface area (Å²) in [6.45, 7) is 2.95. The highest BCUT2D eigenvalue weighted by atomic mass is 79.9. The van der Waals surface area contributed by atoms with Gasteiger partial charge in [-0.3, -0.25) is 4.79 Å². The standard InChI is InChI=1S/C21H22BrN5O2/c1-2-12-29-21-15(4-3-11-23-21)13-24-20(28)18-19(14-5-6-14)27(26-25-18)17-9-7-16(22)8-10-17/h3-4,7-11,14H,2,5-6,12-13H2,1H3,(H,24,28). The maximum absolute atomic E-state index is 12.9. The van der Waals surface area contributed by atoms with Crippen LogP contribution in [0.1, 0.15) is 53.8 Å². The van der Waals surface area contributed by atoms with Gasteiger partial charge in [0, 0.05) is 28.7 Å². The van der Waals surface area contributed by atoms with Gasteiger partial charge < -0.3 is 10.1 Å². The summed E-state index contributed by atoms with van der Waals surface area (Å²) in [7, 11) is 0. The van der Waals surface area contributed by atoms with Crippen LogP contribution in [-0.4, -0.2) is 32.5 Å². The Kier molecular flexibility index (Phi) is 5.89. The summed E-state index contributed by atoms with van der Waals surface area (Å²) in [4.78, 5) is 17.2. The fourth-order valence-electron chi connectivity index (χ4n) is 3.09. The van der Waals surface area contributed by atoms with Gasteiger partial charge in [-0.05, 0) is 49.6 Å². The van der Waals surface area contributed by atoms with Crippen LogP contribution < -0.4 is 10.1 Å². The van der Waals surface area contributed by atoms with E-state index in [4.69, 9.17) is 4.74 Å². The second kappa shape index (κ2) is 8.73. The molecule has 0 unspecified atom stereocenters. The molecule has 4 rings (SSSR count). The molecule has 0 aliphatic heterocycles. The van der Waals surface area contributed by atoms with E-state index in [9.17, 15) is 4.79 Å². The van der Waals surface area contributed by atoms with Gasteiger partial charge in [-0.1, -0.05) is 34.1 Å². The van der Waals surface area contributed by atoms with E-state index in [0.717, 1.165) is 40.7 Å². The molecular formula is C21H22BrN5O2. The van der Waals surface area contributed by atoms with E-state index < -0.39 is 0 Å². The average molecular weight is 456 g/mol. The van der Waals surface area contributed by atoms with Crippen LogP contribution in [-0.2, 0) is 6.54 Å². The van der Waals surface area contributed by atoms with E-state index in [1.807, 2.05) is 43.3 Å². The van der Waals surface area contributed by atoms with E-state index in [1.54, 1.807) is 10.9 Å². The van der Waals surface area contributed by atoms with Crippen molar-refractivity contribution in [3.05, 3.63) is 64.0 Å². The zero-order chi connectivity index (χ0) is 20.2. The first kappa shape index (κ1) is 19.6. The first-order chi connectivity index (χ1) is 14.2. The summed E-state index contributed by atoms with van der Waals surface area (Å²) in [5.41, 5.74) is 2.99. The number of hydrogen-bond acceptors (Lipinski definition) is 5. The van der Waals surface area contributed by atoms with Crippen molar-refractivity contribution in [3.63, 3.8) is 0 Å². The minimum absolute atomic E-state index is 0.236. The van der Waals surface area contributed by atoms with Gasteiger partial charge in [-0.2, -0.15) is 0 Å². The van der Waals surface area contributed by atoms with Crippen LogP contribution in [0.3, 0.4) is 0 Å².